The Balaban J connectivity index is 2.52. The van der Waals surface area contributed by atoms with E-state index in [0.29, 0.717) is 13.0 Å². The molecule has 2 aromatic rings. The number of nitrogens with zero attached hydrogens (tertiary/aromatic N) is 1. The number of nitro groups is 1. The zero-order valence-electron chi connectivity index (χ0n) is 15.2. The van der Waals surface area contributed by atoms with Crippen LogP contribution in [0.1, 0.15) is 17.2 Å². The van der Waals surface area contributed by atoms with Crippen LogP contribution < -0.4 is 19.9 Å². The number of benzene rings is 2. The number of methoxy groups -OCH3 is 2. The van der Waals surface area contributed by atoms with Crippen LogP contribution in [0.5, 0.6) is 23.0 Å². The molecule has 0 amide bonds. The Labute approximate surface area is 160 Å². The molecule has 28 heavy (non-hydrogen) atoms. The molecule has 0 saturated heterocycles. The largest absolute Gasteiger partial charge is 0.504 e. The van der Waals surface area contributed by atoms with Crippen LogP contribution >= 0.6 is 0 Å². The molecule has 0 aliphatic rings. The quantitative estimate of drug-likeness (QED) is 0.429. The molecular formula is C18H20N2O8. The van der Waals surface area contributed by atoms with E-state index in [1.54, 1.807) is 6.07 Å². The summed E-state index contributed by atoms with van der Waals surface area (Å²) in [7, 11) is 2.61. The van der Waals surface area contributed by atoms with E-state index in [9.17, 15) is 25.1 Å². The fraction of sp³-hybridized carbons (Fsp3) is 0.278. The van der Waals surface area contributed by atoms with Gasteiger partial charge in [0.05, 0.1) is 30.8 Å². The van der Waals surface area contributed by atoms with E-state index in [1.807, 2.05) is 0 Å². The predicted molar refractivity (Wildman–Crippen MR) is 98.1 cm³/mol. The van der Waals surface area contributed by atoms with Gasteiger partial charge in [-0.15, -0.1) is 0 Å². The van der Waals surface area contributed by atoms with Crippen molar-refractivity contribution in [1.82, 2.24) is 0 Å². The first-order valence-corrected chi connectivity index (χ1v) is 8.14. The van der Waals surface area contributed by atoms with Crippen LogP contribution in [-0.4, -0.2) is 41.9 Å². The van der Waals surface area contributed by atoms with E-state index in [1.165, 1.54) is 26.4 Å². The van der Waals surface area contributed by atoms with Gasteiger partial charge in [-0.2, -0.15) is 0 Å². The molecule has 10 heteroatoms. The molecule has 1 atom stereocenters. The Morgan fingerprint density at radius 3 is 2.32 bits per heavy atom. The number of carbonyl (C=O) groups is 1. The van der Waals surface area contributed by atoms with E-state index >= 15 is 0 Å². The maximum Gasteiger partial charge on any atom is 0.349 e. The van der Waals surface area contributed by atoms with Crippen molar-refractivity contribution in [2.24, 2.45) is 5.73 Å². The minimum atomic E-state index is -1.77. The van der Waals surface area contributed by atoms with Crippen molar-refractivity contribution >= 4 is 11.7 Å². The normalized spacial score (nSPS) is 11.5. The summed E-state index contributed by atoms with van der Waals surface area (Å²) in [5.41, 5.74) is 5.41. The summed E-state index contributed by atoms with van der Waals surface area (Å²) in [6.45, 7) is 0.370. The number of ether oxygens (including phenoxy) is 3. The van der Waals surface area contributed by atoms with E-state index in [4.69, 9.17) is 19.9 Å². The monoisotopic (exact) mass is 392 g/mol. The SMILES string of the molecule is COc1cc(C(Oc2ccc(CCN)cc2O)C(=O)O)c([N+](=O)[O-])cc1OC. The van der Waals surface area contributed by atoms with Gasteiger partial charge in [-0.3, -0.25) is 10.1 Å². The Bertz CT molecular complexity index is 884. The fourth-order valence-corrected chi connectivity index (χ4v) is 2.61. The van der Waals surface area contributed by atoms with Gasteiger partial charge in [0.1, 0.15) is 0 Å². The van der Waals surface area contributed by atoms with Crippen LogP contribution in [-0.2, 0) is 11.2 Å². The lowest BCUT2D eigenvalue weighted by atomic mass is 10.1. The molecule has 0 fully saturated rings. The van der Waals surface area contributed by atoms with Gasteiger partial charge in [-0.25, -0.2) is 4.79 Å². The molecule has 0 radical (unpaired) electrons. The molecule has 0 aliphatic heterocycles. The van der Waals surface area contributed by atoms with E-state index in [0.717, 1.165) is 17.7 Å². The van der Waals surface area contributed by atoms with Gasteiger partial charge in [0.25, 0.3) is 5.69 Å². The average molecular weight is 392 g/mol. The molecule has 0 aromatic heterocycles. The molecule has 0 heterocycles. The van der Waals surface area contributed by atoms with Gasteiger partial charge in [0, 0.05) is 0 Å². The number of hydrogen-bond acceptors (Lipinski definition) is 8. The zero-order chi connectivity index (χ0) is 20.8. The van der Waals surface area contributed by atoms with Crippen molar-refractivity contribution in [3.63, 3.8) is 0 Å². The number of carboxylic acids is 1. The van der Waals surface area contributed by atoms with Crippen molar-refractivity contribution in [3.8, 4) is 23.0 Å². The number of rotatable bonds is 9. The highest BCUT2D eigenvalue weighted by atomic mass is 16.6. The van der Waals surface area contributed by atoms with Crippen molar-refractivity contribution < 1.29 is 34.1 Å². The second kappa shape index (κ2) is 8.91. The van der Waals surface area contributed by atoms with Crippen molar-refractivity contribution in [3.05, 3.63) is 51.6 Å². The van der Waals surface area contributed by atoms with Crippen LogP contribution in [0.3, 0.4) is 0 Å². The highest BCUT2D eigenvalue weighted by Gasteiger charge is 2.33. The van der Waals surface area contributed by atoms with Crippen molar-refractivity contribution in [1.29, 1.82) is 0 Å². The third-order valence-corrected chi connectivity index (χ3v) is 3.94. The van der Waals surface area contributed by atoms with Gasteiger partial charge in [0.15, 0.2) is 23.0 Å². The molecule has 0 bridgehead atoms. The highest BCUT2D eigenvalue weighted by molar-refractivity contribution is 5.78. The van der Waals surface area contributed by atoms with Crippen LogP contribution in [0.25, 0.3) is 0 Å². The first-order chi connectivity index (χ1) is 13.3. The molecule has 150 valence electrons. The number of phenolic OH excluding ortho intramolecular Hbond substituents is 1. The van der Waals surface area contributed by atoms with Crippen LogP contribution in [0.4, 0.5) is 5.69 Å². The number of carboxylic acid groups (broad SMARTS) is 1. The molecule has 0 aliphatic carbocycles. The topological polar surface area (TPSA) is 154 Å². The van der Waals surface area contributed by atoms with Crippen LogP contribution in [0, 0.1) is 10.1 Å². The van der Waals surface area contributed by atoms with Gasteiger partial charge in [-0.05, 0) is 36.7 Å². The molecule has 10 nitrogen and oxygen atoms in total. The highest BCUT2D eigenvalue weighted by Crippen LogP contribution is 2.40. The molecule has 2 rings (SSSR count). The fourth-order valence-electron chi connectivity index (χ4n) is 2.61. The standard InChI is InChI=1S/C18H20N2O8/c1-26-15-8-11(12(20(24)25)9-16(15)27-2)17(18(22)23)28-14-4-3-10(5-6-19)7-13(14)21/h3-4,7-9,17,21H,5-6,19H2,1-2H3,(H,22,23). The summed E-state index contributed by atoms with van der Waals surface area (Å²) >= 11 is 0. The first kappa shape index (κ1) is 20.8. The van der Waals surface area contributed by atoms with E-state index in [2.05, 4.69) is 0 Å². The summed E-state index contributed by atoms with van der Waals surface area (Å²) in [5, 5.41) is 31.2. The number of aliphatic carboxylic acids is 1. The molecular weight excluding hydrogens is 372 g/mol. The number of nitro benzene ring substituents is 1. The third-order valence-electron chi connectivity index (χ3n) is 3.94. The Morgan fingerprint density at radius 1 is 1.18 bits per heavy atom. The van der Waals surface area contributed by atoms with E-state index < -0.39 is 22.7 Å². The molecule has 0 saturated carbocycles. The molecule has 0 spiro atoms. The zero-order valence-corrected chi connectivity index (χ0v) is 15.2. The minimum Gasteiger partial charge on any atom is -0.504 e. The minimum absolute atomic E-state index is 0.0658. The second-order valence-corrected chi connectivity index (χ2v) is 5.70. The maximum atomic E-state index is 11.8. The lowest BCUT2D eigenvalue weighted by Gasteiger charge is -2.18. The Hall–Kier alpha value is -3.53. The lowest BCUT2D eigenvalue weighted by Crippen LogP contribution is -2.20. The third kappa shape index (κ3) is 4.41. The van der Waals surface area contributed by atoms with Gasteiger partial charge in [-0.1, -0.05) is 6.07 Å². The number of aromatic hydroxyl groups is 1. The van der Waals surface area contributed by atoms with Crippen LogP contribution in [0.15, 0.2) is 30.3 Å². The van der Waals surface area contributed by atoms with Crippen LogP contribution in [0.2, 0.25) is 0 Å². The van der Waals surface area contributed by atoms with Crippen molar-refractivity contribution in [2.75, 3.05) is 20.8 Å². The second-order valence-electron chi connectivity index (χ2n) is 5.70. The summed E-state index contributed by atoms with van der Waals surface area (Å²) in [4.78, 5) is 22.5. The predicted octanol–water partition coefficient (Wildman–Crippen LogP) is 2.02. The van der Waals surface area contributed by atoms with Gasteiger partial charge >= 0.3 is 5.97 Å². The summed E-state index contributed by atoms with van der Waals surface area (Å²) in [6.07, 6.45) is -1.26. The lowest BCUT2D eigenvalue weighted by molar-refractivity contribution is -0.386. The Morgan fingerprint density at radius 2 is 1.82 bits per heavy atom. The molecule has 2 aromatic carbocycles. The summed E-state index contributed by atoms with van der Waals surface area (Å²) < 4.78 is 15.5. The van der Waals surface area contributed by atoms with Crippen molar-refractivity contribution in [2.45, 2.75) is 12.5 Å². The molecule has 1 unspecified atom stereocenters. The summed E-state index contributed by atoms with van der Waals surface area (Å²) in [6, 6.07) is 6.60. The summed E-state index contributed by atoms with van der Waals surface area (Å²) in [5.74, 6) is -1.77. The average Bonchev–Trinajstić information content (AvgIpc) is 2.66. The number of phenols is 1. The van der Waals surface area contributed by atoms with Gasteiger partial charge < -0.3 is 30.2 Å². The number of nitrogens with two attached hydrogens (primary N) is 1. The van der Waals surface area contributed by atoms with Gasteiger partial charge in [0.2, 0.25) is 6.10 Å². The van der Waals surface area contributed by atoms with E-state index in [-0.39, 0.29) is 28.6 Å². The number of hydrogen-bond donors (Lipinski definition) is 3. The Kier molecular flexibility index (Phi) is 6.61. The maximum absolute atomic E-state index is 11.8. The molecule has 4 N–H and O–H groups in total. The smallest absolute Gasteiger partial charge is 0.349 e. The first-order valence-electron chi connectivity index (χ1n) is 8.14.